The molecular formula is C8H7ClF3NO3. The Hall–Kier alpha value is -1.21. The van der Waals surface area contributed by atoms with Crippen molar-refractivity contribution in [1.29, 1.82) is 0 Å². The van der Waals surface area contributed by atoms with Gasteiger partial charge in [-0.05, 0) is 6.07 Å². The van der Waals surface area contributed by atoms with Crippen LogP contribution >= 0.6 is 11.6 Å². The molecule has 0 bridgehead atoms. The van der Waals surface area contributed by atoms with Gasteiger partial charge < -0.3 is 14.9 Å². The van der Waals surface area contributed by atoms with Gasteiger partial charge in [0.25, 0.3) is 5.88 Å². The van der Waals surface area contributed by atoms with E-state index in [0.717, 1.165) is 0 Å². The summed E-state index contributed by atoms with van der Waals surface area (Å²) in [6.45, 7) is -0.646. The fourth-order valence-corrected chi connectivity index (χ4v) is 1.13. The van der Waals surface area contributed by atoms with Crippen LogP contribution in [-0.4, -0.2) is 21.6 Å². The second-order valence-electron chi connectivity index (χ2n) is 2.77. The number of aliphatic hydroxyl groups is 1. The maximum atomic E-state index is 11.9. The van der Waals surface area contributed by atoms with E-state index < -0.39 is 24.6 Å². The van der Waals surface area contributed by atoms with Gasteiger partial charge in [-0.3, -0.25) is 0 Å². The Morgan fingerprint density at radius 3 is 2.50 bits per heavy atom. The fraction of sp³-hybridized carbons (Fsp3) is 0.375. The smallest absolute Gasteiger partial charge is 0.503 e. The van der Waals surface area contributed by atoms with Gasteiger partial charge in [0.05, 0.1) is 18.2 Å². The highest BCUT2D eigenvalue weighted by Crippen LogP contribution is 2.33. The Balaban J connectivity index is 3.16. The Bertz CT molecular complexity index is 384. The minimum atomic E-state index is -4.97. The number of hydrogen-bond donors (Lipinski definition) is 2. The quantitative estimate of drug-likeness (QED) is 0.812. The zero-order valence-corrected chi connectivity index (χ0v) is 8.51. The molecule has 0 amide bonds. The van der Waals surface area contributed by atoms with E-state index in [1.165, 1.54) is 6.07 Å². The first-order chi connectivity index (χ1) is 7.37. The van der Waals surface area contributed by atoms with E-state index in [9.17, 15) is 18.3 Å². The van der Waals surface area contributed by atoms with Crippen molar-refractivity contribution in [2.75, 3.05) is 0 Å². The van der Waals surface area contributed by atoms with Crippen LogP contribution in [0, 0.1) is 0 Å². The Morgan fingerprint density at radius 1 is 1.44 bits per heavy atom. The second kappa shape index (κ2) is 4.75. The lowest BCUT2D eigenvalue weighted by Crippen LogP contribution is -2.18. The van der Waals surface area contributed by atoms with Crippen molar-refractivity contribution in [2.24, 2.45) is 0 Å². The average molecular weight is 258 g/mol. The highest BCUT2D eigenvalue weighted by atomic mass is 35.5. The van der Waals surface area contributed by atoms with Crippen molar-refractivity contribution in [3.8, 4) is 11.6 Å². The number of aliphatic hydroxyl groups excluding tert-OH is 1. The molecule has 2 N–H and O–H groups in total. The first-order valence-electron chi connectivity index (χ1n) is 4.01. The van der Waals surface area contributed by atoms with Crippen molar-refractivity contribution in [3.05, 3.63) is 17.3 Å². The topological polar surface area (TPSA) is 62.6 Å². The first kappa shape index (κ1) is 12.9. The number of pyridine rings is 1. The molecule has 1 aromatic rings. The molecule has 0 saturated heterocycles. The molecule has 0 aromatic carbocycles. The molecule has 1 aromatic heterocycles. The summed E-state index contributed by atoms with van der Waals surface area (Å²) >= 11 is 5.39. The molecule has 0 aliphatic carbocycles. The van der Waals surface area contributed by atoms with E-state index in [-0.39, 0.29) is 17.1 Å². The maximum absolute atomic E-state index is 11.9. The monoisotopic (exact) mass is 257 g/mol. The van der Waals surface area contributed by atoms with Crippen LogP contribution in [0.3, 0.4) is 0 Å². The summed E-state index contributed by atoms with van der Waals surface area (Å²) < 4.78 is 39.3. The van der Waals surface area contributed by atoms with Gasteiger partial charge in [0.2, 0.25) is 0 Å². The van der Waals surface area contributed by atoms with E-state index in [1.54, 1.807) is 0 Å². The van der Waals surface area contributed by atoms with E-state index in [4.69, 9.17) is 16.7 Å². The summed E-state index contributed by atoms with van der Waals surface area (Å²) in [5.74, 6) is -2.04. The normalized spacial score (nSPS) is 11.6. The SMILES string of the molecule is OCc1cc(CCl)nc(OC(F)(F)F)c1O. The van der Waals surface area contributed by atoms with Gasteiger partial charge in [0.1, 0.15) is 0 Å². The third kappa shape index (κ3) is 3.14. The van der Waals surface area contributed by atoms with E-state index in [0.29, 0.717) is 0 Å². The molecule has 0 aliphatic heterocycles. The third-order valence-electron chi connectivity index (χ3n) is 1.61. The van der Waals surface area contributed by atoms with Crippen LogP contribution in [0.15, 0.2) is 6.07 Å². The third-order valence-corrected chi connectivity index (χ3v) is 1.89. The number of halogens is 4. The molecule has 4 nitrogen and oxygen atoms in total. The van der Waals surface area contributed by atoms with Crippen molar-refractivity contribution in [3.63, 3.8) is 0 Å². The van der Waals surface area contributed by atoms with E-state index >= 15 is 0 Å². The number of aromatic hydroxyl groups is 1. The number of ether oxygens (including phenoxy) is 1. The molecule has 16 heavy (non-hydrogen) atoms. The zero-order chi connectivity index (χ0) is 12.3. The molecule has 0 unspecified atom stereocenters. The van der Waals surface area contributed by atoms with Crippen LogP contribution in [-0.2, 0) is 12.5 Å². The number of aromatic nitrogens is 1. The predicted octanol–water partition coefficient (Wildman–Crippen LogP) is 1.92. The molecule has 0 aliphatic rings. The summed E-state index contributed by atoms with van der Waals surface area (Å²) in [7, 11) is 0. The molecule has 0 saturated carbocycles. The maximum Gasteiger partial charge on any atom is 0.574 e. The fourth-order valence-electron chi connectivity index (χ4n) is 0.992. The van der Waals surface area contributed by atoms with Crippen molar-refractivity contribution >= 4 is 11.6 Å². The number of nitrogens with zero attached hydrogens (tertiary/aromatic N) is 1. The van der Waals surface area contributed by atoms with Crippen molar-refractivity contribution in [1.82, 2.24) is 4.98 Å². The van der Waals surface area contributed by atoms with Crippen LogP contribution in [0.25, 0.3) is 0 Å². The van der Waals surface area contributed by atoms with E-state index in [1.807, 2.05) is 0 Å². The molecule has 8 heteroatoms. The molecule has 0 spiro atoms. The Morgan fingerprint density at radius 2 is 2.06 bits per heavy atom. The molecule has 0 radical (unpaired) electrons. The Kier molecular flexibility index (Phi) is 3.82. The largest absolute Gasteiger partial charge is 0.574 e. The summed E-state index contributed by atoms with van der Waals surface area (Å²) in [4.78, 5) is 3.35. The molecular weight excluding hydrogens is 251 g/mol. The van der Waals surface area contributed by atoms with E-state index in [2.05, 4.69) is 9.72 Å². The average Bonchev–Trinajstić information content (AvgIpc) is 2.19. The van der Waals surface area contributed by atoms with Crippen molar-refractivity contribution < 1.29 is 28.1 Å². The van der Waals surface area contributed by atoms with Gasteiger partial charge in [0, 0.05) is 5.56 Å². The van der Waals surface area contributed by atoms with Crippen molar-refractivity contribution in [2.45, 2.75) is 18.8 Å². The highest BCUT2D eigenvalue weighted by Gasteiger charge is 2.33. The lowest BCUT2D eigenvalue weighted by Gasteiger charge is -2.12. The Labute approximate surface area is 93.2 Å². The van der Waals surface area contributed by atoms with Crippen LogP contribution in [0.4, 0.5) is 13.2 Å². The molecule has 90 valence electrons. The standard InChI is InChI=1S/C8H7ClF3NO3/c9-2-5-1-4(3-14)6(15)7(13-5)16-8(10,11)12/h1,14-15H,2-3H2. The second-order valence-corrected chi connectivity index (χ2v) is 3.03. The summed E-state index contributed by atoms with van der Waals surface area (Å²) in [6, 6.07) is 1.19. The van der Waals surface area contributed by atoms with Gasteiger partial charge in [-0.2, -0.15) is 0 Å². The van der Waals surface area contributed by atoms with Gasteiger partial charge in [0.15, 0.2) is 5.75 Å². The lowest BCUT2D eigenvalue weighted by molar-refractivity contribution is -0.276. The van der Waals surface area contributed by atoms with Crippen LogP contribution in [0.2, 0.25) is 0 Å². The first-order valence-corrected chi connectivity index (χ1v) is 4.55. The van der Waals surface area contributed by atoms with Gasteiger partial charge in [-0.25, -0.2) is 4.98 Å². The number of hydrogen-bond acceptors (Lipinski definition) is 4. The molecule has 1 rings (SSSR count). The number of rotatable bonds is 3. The molecule has 0 fully saturated rings. The molecule has 1 heterocycles. The van der Waals surface area contributed by atoms with Gasteiger partial charge in [-0.15, -0.1) is 24.8 Å². The minimum Gasteiger partial charge on any atom is -0.503 e. The predicted molar refractivity (Wildman–Crippen MR) is 48.1 cm³/mol. The van der Waals surface area contributed by atoms with Gasteiger partial charge >= 0.3 is 6.36 Å². The lowest BCUT2D eigenvalue weighted by atomic mass is 10.2. The highest BCUT2D eigenvalue weighted by molar-refractivity contribution is 6.16. The zero-order valence-electron chi connectivity index (χ0n) is 7.75. The summed E-state index contributed by atoms with van der Waals surface area (Å²) in [5.41, 5.74) is -0.0762. The van der Waals surface area contributed by atoms with Crippen LogP contribution < -0.4 is 4.74 Å². The summed E-state index contributed by atoms with van der Waals surface area (Å²) in [5, 5.41) is 18.1. The summed E-state index contributed by atoms with van der Waals surface area (Å²) in [6.07, 6.45) is -4.97. The molecule has 0 atom stereocenters. The van der Waals surface area contributed by atoms with Crippen LogP contribution in [0.1, 0.15) is 11.3 Å². The number of alkyl halides is 4. The van der Waals surface area contributed by atoms with Crippen LogP contribution in [0.5, 0.6) is 11.6 Å². The minimum absolute atomic E-state index is 0.0581. The van der Waals surface area contributed by atoms with Gasteiger partial charge in [-0.1, -0.05) is 0 Å².